The van der Waals surface area contributed by atoms with Crippen LogP contribution in [0.3, 0.4) is 0 Å². The molecule has 0 bridgehead atoms. The number of nitrogens with zero attached hydrogens (tertiary/aromatic N) is 1. The minimum Gasteiger partial charge on any atom is -0.381 e. The van der Waals surface area contributed by atoms with E-state index in [9.17, 15) is 0 Å². The molecule has 1 N–H and O–H groups in total. The first-order chi connectivity index (χ1) is 7.86. The summed E-state index contributed by atoms with van der Waals surface area (Å²) in [6, 6.07) is 6.96. The molecule has 0 saturated carbocycles. The molecule has 16 heavy (non-hydrogen) atoms. The van der Waals surface area contributed by atoms with Gasteiger partial charge < -0.3 is 10.1 Å². The molecular weight excluding hydrogens is 200 g/mol. The van der Waals surface area contributed by atoms with Gasteiger partial charge in [0.15, 0.2) is 0 Å². The van der Waals surface area contributed by atoms with E-state index in [4.69, 9.17) is 4.74 Å². The molecule has 88 valence electrons. The van der Waals surface area contributed by atoms with Crippen molar-refractivity contribution in [1.29, 1.82) is 0 Å². The van der Waals surface area contributed by atoms with Crippen LogP contribution in [-0.4, -0.2) is 24.2 Å². The van der Waals surface area contributed by atoms with Crippen molar-refractivity contribution in [3.8, 4) is 0 Å². The van der Waals surface area contributed by atoms with E-state index >= 15 is 0 Å². The van der Waals surface area contributed by atoms with Crippen molar-refractivity contribution in [1.82, 2.24) is 10.3 Å². The van der Waals surface area contributed by atoms with E-state index in [2.05, 4.69) is 23.3 Å². The van der Waals surface area contributed by atoms with Crippen molar-refractivity contribution < 1.29 is 4.74 Å². The van der Waals surface area contributed by atoms with Crippen molar-refractivity contribution >= 4 is 0 Å². The molecular formula is C13H20N2O. The van der Waals surface area contributed by atoms with E-state index in [-0.39, 0.29) is 0 Å². The Hall–Kier alpha value is -0.930. The zero-order chi connectivity index (χ0) is 11.2. The van der Waals surface area contributed by atoms with Crippen LogP contribution in [0.1, 0.15) is 37.9 Å². The second kappa shape index (κ2) is 5.97. The predicted molar refractivity (Wildman–Crippen MR) is 64.2 cm³/mol. The molecule has 1 aliphatic rings. The van der Waals surface area contributed by atoms with Gasteiger partial charge in [0.25, 0.3) is 0 Å². The molecule has 0 amide bonds. The fourth-order valence-electron chi connectivity index (χ4n) is 2.14. The van der Waals surface area contributed by atoms with Gasteiger partial charge in [-0.15, -0.1) is 0 Å². The quantitative estimate of drug-likeness (QED) is 0.848. The van der Waals surface area contributed by atoms with Gasteiger partial charge in [0, 0.05) is 31.5 Å². The maximum atomic E-state index is 5.46. The van der Waals surface area contributed by atoms with Crippen molar-refractivity contribution in [2.75, 3.05) is 13.2 Å². The van der Waals surface area contributed by atoms with Crippen LogP contribution in [0.4, 0.5) is 0 Å². The number of hydrogen-bond acceptors (Lipinski definition) is 3. The van der Waals surface area contributed by atoms with Crippen LogP contribution in [0.15, 0.2) is 24.4 Å². The third kappa shape index (κ3) is 3.29. The molecule has 2 atom stereocenters. The fraction of sp³-hybridized carbons (Fsp3) is 0.615. The Balaban J connectivity index is 1.88. The Morgan fingerprint density at radius 1 is 1.38 bits per heavy atom. The molecule has 1 unspecified atom stereocenters. The highest BCUT2D eigenvalue weighted by molar-refractivity contribution is 5.07. The Kier molecular flexibility index (Phi) is 4.31. The molecule has 0 spiro atoms. The minimum absolute atomic E-state index is 0.323. The summed E-state index contributed by atoms with van der Waals surface area (Å²) in [5.74, 6) is 0. The summed E-state index contributed by atoms with van der Waals surface area (Å²) >= 11 is 0. The van der Waals surface area contributed by atoms with Crippen LogP contribution in [0, 0.1) is 0 Å². The molecule has 0 aromatic carbocycles. The summed E-state index contributed by atoms with van der Waals surface area (Å²) in [4.78, 5) is 4.37. The van der Waals surface area contributed by atoms with Crippen LogP contribution in [0.5, 0.6) is 0 Å². The normalized spacial score (nSPS) is 23.7. The fourth-order valence-corrected chi connectivity index (χ4v) is 2.14. The third-order valence-electron chi connectivity index (χ3n) is 3.07. The molecule has 3 nitrogen and oxygen atoms in total. The standard InChI is InChI=1S/C13H20N2O/c1-11(13-6-2-3-8-14-13)15-12-5-4-9-16-10-7-12/h2-3,6,8,11-12,15H,4-5,7,9-10H2,1H3/t11-,12?/m0/s1. The van der Waals surface area contributed by atoms with Gasteiger partial charge in [0.1, 0.15) is 0 Å². The van der Waals surface area contributed by atoms with Crippen LogP contribution in [0.25, 0.3) is 0 Å². The van der Waals surface area contributed by atoms with Crippen molar-refractivity contribution in [2.45, 2.75) is 38.3 Å². The van der Waals surface area contributed by atoms with E-state index in [0.29, 0.717) is 12.1 Å². The number of rotatable bonds is 3. The largest absolute Gasteiger partial charge is 0.381 e. The van der Waals surface area contributed by atoms with Gasteiger partial charge >= 0.3 is 0 Å². The highest BCUT2D eigenvalue weighted by Gasteiger charge is 2.15. The van der Waals surface area contributed by atoms with Gasteiger partial charge in [-0.1, -0.05) is 6.07 Å². The highest BCUT2D eigenvalue weighted by atomic mass is 16.5. The van der Waals surface area contributed by atoms with Crippen molar-refractivity contribution in [3.63, 3.8) is 0 Å². The molecule has 1 aromatic heterocycles. The average Bonchev–Trinajstić information content (AvgIpc) is 2.59. The number of nitrogens with one attached hydrogen (secondary N) is 1. The van der Waals surface area contributed by atoms with E-state index < -0.39 is 0 Å². The van der Waals surface area contributed by atoms with Gasteiger partial charge in [-0.2, -0.15) is 0 Å². The molecule has 1 aliphatic heterocycles. The predicted octanol–water partition coefficient (Wildman–Crippen LogP) is 2.30. The summed E-state index contributed by atoms with van der Waals surface area (Å²) in [6.07, 6.45) is 5.32. The molecule has 2 heterocycles. The molecule has 0 aliphatic carbocycles. The van der Waals surface area contributed by atoms with Crippen LogP contribution in [0.2, 0.25) is 0 Å². The van der Waals surface area contributed by atoms with E-state index in [0.717, 1.165) is 31.7 Å². The lowest BCUT2D eigenvalue weighted by atomic mass is 10.1. The highest BCUT2D eigenvalue weighted by Crippen LogP contribution is 2.14. The lowest BCUT2D eigenvalue weighted by Crippen LogP contribution is -2.32. The van der Waals surface area contributed by atoms with Crippen LogP contribution >= 0.6 is 0 Å². The molecule has 1 saturated heterocycles. The van der Waals surface area contributed by atoms with E-state index in [1.807, 2.05) is 18.3 Å². The molecule has 3 heteroatoms. The summed E-state index contributed by atoms with van der Waals surface area (Å²) in [5, 5.41) is 3.63. The Bertz CT molecular complexity index is 294. The Morgan fingerprint density at radius 2 is 2.31 bits per heavy atom. The lowest BCUT2D eigenvalue weighted by molar-refractivity contribution is 0.142. The van der Waals surface area contributed by atoms with Crippen molar-refractivity contribution in [2.24, 2.45) is 0 Å². The number of ether oxygens (including phenoxy) is 1. The molecule has 2 rings (SSSR count). The monoisotopic (exact) mass is 220 g/mol. The van der Waals surface area contributed by atoms with Crippen LogP contribution < -0.4 is 5.32 Å². The summed E-state index contributed by atoms with van der Waals surface area (Å²) in [6.45, 7) is 3.97. The number of pyridine rings is 1. The third-order valence-corrected chi connectivity index (χ3v) is 3.07. The summed E-state index contributed by atoms with van der Waals surface area (Å²) in [7, 11) is 0. The van der Waals surface area contributed by atoms with Gasteiger partial charge in [0.05, 0.1) is 5.69 Å². The zero-order valence-electron chi connectivity index (χ0n) is 9.86. The summed E-state index contributed by atoms with van der Waals surface area (Å²) < 4.78 is 5.46. The average molecular weight is 220 g/mol. The summed E-state index contributed by atoms with van der Waals surface area (Å²) in [5.41, 5.74) is 1.12. The van der Waals surface area contributed by atoms with Crippen LogP contribution in [-0.2, 0) is 4.74 Å². The maximum absolute atomic E-state index is 5.46. The smallest absolute Gasteiger partial charge is 0.0570 e. The SMILES string of the molecule is C[C@H](NC1CCCOCC1)c1ccccn1. The topological polar surface area (TPSA) is 34.1 Å². The number of hydrogen-bond donors (Lipinski definition) is 1. The van der Waals surface area contributed by atoms with Gasteiger partial charge in [-0.25, -0.2) is 0 Å². The number of aromatic nitrogens is 1. The zero-order valence-corrected chi connectivity index (χ0v) is 9.86. The molecule has 0 radical (unpaired) electrons. The van der Waals surface area contributed by atoms with Gasteiger partial charge in [0.2, 0.25) is 0 Å². The molecule has 1 aromatic rings. The first-order valence-electron chi connectivity index (χ1n) is 6.11. The van der Waals surface area contributed by atoms with Crippen molar-refractivity contribution in [3.05, 3.63) is 30.1 Å². The second-order valence-corrected chi connectivity index (χ2v) is 4.38. The first kappa shape index (κ1) is 11.6. The maximum Gasteiger partial charge on any atom is 0.0570 e. The first-order valence-corrected chi connectivity index (χ1v) is 6.11. The van der Waals surface area contributed by atoms with E-state index in [1.54, 1.807) is 0 Å². The van der Waals surface area contributed by atoms with E-state index in [1.165, 1.54) is 6.42 Å². The van der Waals surface area contributed by atoms with Gasteiger partial charge in [-0.05, 0) is 38.3 Å². The second-order valence-electron chi connectivity index (χ2n) is 4.38. The Morgan fingerprint density at radius 3 is 3.12 bits per heavy atom. The molecule has 1 fully saturated rings. The minimum atomic E-state index is 0.323. The lowest BCUT2D eigenvalue weighted by Gasteiger charge is -2.21. The van der Waals surface area contributed by atoms with Gasteiger partial charge in [-0.3, -0.25) is 4.98 Å². The Labute approximate surface area is 97.2 Å².